The molecule has 1 atom stereocenters. The highest BCUT2D eigenvalue weighted by Crippen LogP contribution is 2.09. The van der Waals surface area contributed by atoms with E-state index in [4.69, 9.17) is 5.73 Å². The Hall–Kier alpha value is -0.740. The van der Waals surface area contributed by atoms with E-state index in [1.54, 1.807) is 6.20 Å². The SMILES string of the molecule is CC(CN)CC(=O)Cc1ccc(Br)cn1. The van der Waals surface area contributed by atoms with Crippen LogP contribution in [-0.2, 0) is 11.2 Å². The zero-order valence-electron chi connectivity index (χ0n) is 8.74. The molecular weight excluding hydrogens is 256 g/mol. The average Bonchev–Trinajstić information content (AvgIpc) is 2.21. The minimum atomic E-state index is 0.197. The lowest BCUT2D eigenvalue weighted by Gasteiger charge is -2.06. The molecule has 0 bridgehead atoms. The second-order valence-corrected chi connectivity index (χ2v) is 4.64. The van der Waals surface area contributed by atoms with Crippen molar-refractivity contribution in [2.75, 3.05) is 6.54 Å². The summed E-state index contributed by atoms with van der Waals surface area (Å²) in [6, 6.07) is 3.75. The van der Waals surface area contributed by atoms with Gasteiger partial charge in [-0.25, -0.2) is 0 Å². The average molecular weight is 271 g/mol. The number of nitrogens with zero attached hydrogens (tertiary/aromatic N) is 1. The Labute approximate surface area is 98.2 Å². The van der Waals surface area contributed by atoms with E-state index in [0.29, 0.717) is 19.4 Å². The van der Waals surface area contributed by atoms with Gasteiger partial charge in [-0.3, -0.25) is 9.78 Å². The Morgan fingerprint density at radius 1 is 1.60 bits per heavy atom. The Kier molecular flexibility index (Phi) is 4.91. The highest BCUT2D eigenvalue weighted by Gasteiger charge is 2.09. The number of hydrogen-bond donors (Lipinski definition) is 1. The third-order valence-electron chi connectivity index (χ3n) is 2.15. The molecule has 3 nitrogen and oxygen atoms in total. The van der Waals surface area contributed by atoms with Crippen LogP contribution in [0.4, 0.5) is 0 Å². The Morgan fingerprint density at radius 2 is 2.33 bits per heavy atom. The van der Waals surface area contributed by atoms with E-state index in [1.165, 1.54) is 0 Å². The van der Waals surface area contributed by atoms with Gasteiger partial charge in [0, 0.05) is 29.2 Å². The van der Waals surface area contributed by atoms with E-state index < -0.39 is 0 Å². The third kappa shape index (κ3) is 4.53. The van der Waals surface area contributed by atoms with Gasteiger partial charge in [0.2, 0.25) is 0 Å². The first-order valence-electron chi connectivity index (χ1n) is 4.94. The van der Waals surface area contributed by atoms with Gasteiger partial charge in [-0.1, -0.05) is 6.92 Å². The molecule has 0 spiro atoms. The summed E-state index contributed by atoms with van der Waals surface area (Å²) in [5, 5.41) is 0. The van der Waals surface area contributed by atoms with Crippen molar-refractivity contribution in [1.29, 1.82) is 0 Å². The summed E-state index contributed by atoms with van der Waals surface area (Å²) in [7, 11) is 0. The summed E-state index contributed by atoms with van der Waals surface area (Å²) < 4.78 is 0.925. The predicted molar refractivity (Wildman–Crippen MR) is 63.5 cm³/mol. The largest absolute Gasteiger partial charge is 0.330 e. The van der Waals surface area contributed by atoms with E-state index in [2.05, 4.69) is 20.9 Å². The number of Topliss-reactive ketones (excluding diaryl/α,β-unsaturated/α-hetero) is 1. The molecule has 0 radical (unpaired) electrons. The van der Waals surface area contributed by atoms with Crippen LogP contribution in [0.2, 0.25) is 0 Å². The van der Waals surface area contributed by atoms with E-state index >= 15 is 0 Å². The molecule has 4 heteroatoms. The molecule has 1 aromatic heterocycles. The molecule has 0 aliphatic rings. The Balaban J connectivity index is 2.48. The minimum Gasteiger partial charge on any atom is -0.330 e. The molecule has 82 valence electrons. The summed E-state index contributed by atoms with van der Waals surface area (Å²) in [4.78, 5) is 15.7. The molecule has 1 aromatic rings. The van der Waals surface area contributed by atoms with Gasteiger partial charge in [0.25, 0.3) is 0 Å². The maximum Gasteiger partial charge on any atom is 0.139 e. The molecule has 2 N–H and O–H groups in total. The number of aromatic nitrogens is 1. The first kappa shape index (κ1) is 12.3. The number of nitrogens with two attached hydrogens (primary N) is 1. The van der Waals surface area contributed by atoms with Gasteiger partial charge in [0.05, 0.1) is 0 Å². The Morgan fingerprint density at radius 3 is 2.87 bits per heavy atom. The van der Waals surface area contributed by atoms with Crippen LogP contribution < -0.4 is 5.73 Å². The van der Waals surface area contributed by atoms with Gasteiger partial charge in [-0.05, 0) is 40.5 Å². The van der Waals surface area contributed by atoms with Crippen LogP contribution in [0, 0.1) is 5.92 Å². The van der Waals surface area contributed by atoms with E-state index in [1.807, 2.05) is 19.1 Å². The fourth-order valence-electron chi connectivity index (χ4n) is 1.26. The second kappa shape index (κ2) is 5.98. The Bertz CT molecular complexity index is 324. The second-order valence-electron chi connectivity index (χ2n) is 3.73. The van der Waals surface area contributed by atoms with Crippen molar-refractivity contribution in [3.8, 4) is 0 Å². The predicted octanol–water partition coefficient (Wildman–Crippen LogP) is 1.94. The van der Waals surface area contributed by atoms with Crippen LogP contribution in [0.3, 0.4) is 0 Å². The lowest BCUT2D eigenvalue weighted by Crippen LogP contribution is -2.16. The van der Waals surface area contributed by atoms with Crippen LogP contribution in [0.1, 0.15) is 19.0 Å². The van der Waals surface area contributed by atoms with E-state index in [9.17, 15) is 4.79 Å². The zero-order valence-corrected chi connectivity index (χ0v) is 10.3. The maximum absolute atomic E-state index is 11.6. The fraction of sp³-hybridized carbons (Fsp3) is 0.455. The van der Waals surface area contributed by atoms with Crippen molar-refractivity contribution in [2.24, 2.45) is 11.7 Å². The van der Waals surface area contributed by atoms with Crippen LogP contribution in [0.25, 0.3) is 0 Å². The lowest BCUT2D eigenvalue weighted by molar-refractivity contribution is -0.119. The number of rotatable bonds is 5. The van der Waals surface area contributed by atoms with E-state index in [0.717, 1.165) is 10.2 Å². The van der Waals surface area contributed by atoms with Crippen molar-refractivity contribution < 1.29 is 4.79 Å². The van der Waals surface area contributed by atoms with Crippen molar-refractivity contribution in [3.05, 3.63) is 28.5 Å². The molecule has 1 rings (SSSR count). The number of halogens is 1. The summed E-state index contributed by atoms with van der Waals surface area (Å²) in [6.45, 7) is 2.53. The molecule has 0 saturated carbocycles. The summed E-state index contributed by atoms with van der Waals surface area (Å²) in [6.07, 6.45) is 2.64. The van der Waals surface area contributed by atoms with Crippen LogP contribution >= 0.6 is 15.9 Å². The van der Waals surface area contributed by atoms with Crippen molar-refractivity contribution >= 4 is 21.7 Å². The van der Waals surface area contributed by atoms with Crippen LogP contribution in [0.15, 0.2) is 22.8 Å². The molecule has 0 saturated heterocycles. The number of hydrogen-bond acceptors (Lipinski definition) is 3. The number of pyridine rings is 1. The van der Waals surface area contributed by atoms with Gasteiger partial charge in [-0.15, -0.1) is 0 Å². The zero-order chi connectivity index (χ0) is 11.3. The van der Waals surface area contributed by atoms with Crippen molar-refractivity contribution in [2.45, 2.75) is 19.8 Å². The van der Waals surface area contributed by atoms with Gasteiger partial charge >= 0.3 is 0 Å². The molecule has 0 fully saturated rings. The summed E-state index contributed by atoms with van der Waals surface area (Å²) in [5.74, 6) is 0.454. The molecule has 0 aliphatic heterocycles. The highest BCUT2D eigenvalue weighted by atomic mass is 79.9. The van der Waals surface area contributed by atoms with Gasteiger partial charge in [0.15, 0.2) is 0 Å². The van der Waals surface area contributed by atoms with Crippen molar-refractivity contribution in [3.63, 3.8) is 0 Å². The van der Waals surface area contributed by atoms with Crippen LogP contribution in [0.5, 0.6) is 0 Å². The summed E-state index contributed by atoms with van der Waals surface area (Å²) >= 11 is 3.30. The van der Waals surface area contributed by atoms with Gasteiger partial charge < -0.3 is 5.73 Å². The molecule has 0 aromatic carbocycles. The number of ketones is 1. The first-order chi connectivity index (χ1) is 7.11. The molecule has 0 aliphatic carbocycles. The summed E-state index contributed by atoms with van der Waals surface area (Å²) in [5.41, 5.74) is 6.27. The fourth-order valence-corrected chi connectivity index (χ4v) is 1.49. The lowest BCUT2D eigenvalue weighted by atomic mass is 10.0. The number of carbonyl (C=O) groups excluding carboxylic acids is 1. The van der Waals surface area contributed by atoms with Crippen LogP contribution in [-0.4, -0.2) is 17.3 Å². The molecule has 1 unspecified atom stereocenters. The number of carbonyl (C=O) groups is 1. The smallest absolute Gasteiger partial charge is 0.139 e. The normalized spacial score (nSPS) is 12.5. The first-order valence-corrected chi connectivity index (χ1v) is 5.73. The minimum absolute atomic E-state index is 0.197. The molecule has 15 heavy (non-hydrogen) atoms. The monoisotopic (exact) mass is 270 g/mol. The molecular formula is C11H15BrN2O. The topological polar surface area (TPSA) is 56.0 Å². The highest BCUT2D eigenvalue weighted by molar-refractivity contribution is 9.10. The van der Waals surface area contributed by atoms with E-state index in [-0.39, 0.29) is 11.7 Å². The van der Waals surface area contributed by atoms with Gasteiger partial charge in [0.1, 0.15) is 5.78 Å². The quantitative estimate of drug-likeness (QED) is 0.890. The standard InChI is InChI=1S/C11H15BrN2O/c1-8(6-13)4-11(15)5-10-3-2-9(12)7-14-10/h2-3,7-8H,4-6,13H2,1H3. The molecule has 0 amide bonds. The maximum atomic E-state index is 11.6. The van der Waals surface area contributed by atoms with Crippen molar-refractivity contribution in [1.82, 2.24) is 4.98 Å². The van der Waals surface area contributed by atoms with Gasteiger partial charge in [-0.2, -0.15) is 0 Å². The molecule has 1 heterocycles. The third-order valence-corrected chi connectivity index (χ3v) is 2.61.